The highest BCUT2D eigenvalue weighted by Gasteiger charge is 2.05. The van der Waals surface area contributed by atoms with Gasteiger partial charge in [-0.1, -0.05) is 11.6 Å². The summed E-state index contributed by atoms with van der Waals surface area (Å²) in [4.78, 5) is 0.889. The summed E-state index contributed by atoms with van der Waals surface area (Å²) in [5.74, 6) is 0.875. The van der Waals surface area contributed by atoms with Crippen LogP contribution in [0, 0.1) is 0 Å². The molecule has 1 aromatic carbocycles. The van der Waals surface area contributed by atoms with E-state index in [2.05, 4.69) is 0 Å². The van der Waals surface area contributed by atoms with Crippen molar-refractivity contribution in [1.82, 2.24) is 4.58 Å². The average molecular weight is 241 g/mol. The predicted octanol–water partition coefficient (Wildman–Crippen LogP) is 2.69. The van der Waals surface area contributed by atoms with Gasteiger partial charge in [0, 0.05) is 16.0 Å². The van der Waals surface area contributed by atoms with Crippen molar-refractivity contribution in [3.05, 3.63) is 39.5 Å². The van der Waals surface area contributed by atoms with Crippen molar-refractivity contribution in [2.75, 3.05) is 14.1 Å². The van der Waals surface area contributed by atoms with Crippen molar-refractivity contribution >= 4 is 22.9 Å². The molecule has 15 heavy (non-hydrogen) atoms. The summed E-state index contributed by atoms with van der Waals surface area (Å²) in [6, 6.07) is 7.62. The molecule has 0 spiro atoms. The summed E-state index contributed by atoms with van der Waals surface area (Å²) in [6.45, 7) is 0. The summed E-state index contributed by atoms with van der Waals surface area (Å²) in [6.07, 6.45) is 0. The van der Waals surface area contributed by atoms with E-state index in [9.17, 15) is 0 Å². The molecular weight excluding hydrogens is 230 g/mol. The molecule has 0 N–H and O–H groups in total. The highest BCUT2D eigenvalue weighted by Crippen LogP contribution is 2.21. The minimum atomic E-state index is 0.738. The largest absolute Gasteiger partial charge is 0.429 e. The van der Waals surface area contributed by atoms with Crippen molar-refractivity contribution < 1.29 is 4.42 Å². The lowest BCUT2D eigenvalue weighted by Crippen LogP contribution is -2.16. The minimum absolute atomic E-state index is 0.738. The second-order valence-corrected chi connectivity index (χ2v) is 4.63. The zero-order valence-corrected chi connectivity index (χ0v) is 10.1. The maximum absolute atomic E-state index is 5.82. The molecule has 0 fully saturated rings. The van der Waals surface area contributed by atoms with Gasteiger partial charge in [0.15, 0.2) is 5.76 Å². The minimum Gasteiger partial charge on any atom is -0.396 e. The molecule has 0 bridgehead atoms. The van der Waals surface area contributed by atoms with Gasteiger partial charge in [0.2, 0.25) is 0 Å². The Morgan fingerprint density at radius 1 is 1.20 bits per heavy atom. The van der Waals surface area contributed by atoms with Crippen LogP contribution in [-0.2, 0) is 0 Å². The van der Waals surface area contributed by atoms with Crippen LogP contribution in [0.15, 0.2) is 34.1 Å². The van der Waals surface area contributed by atoms with Crippen molar-refractivity contribution in [3.8, 4) is 11.3 Å². The van der Waals surface area contributed by atoms with Gasteiger partial charge >= 0.3 is 4.87 Å². The number of halogens is 1. The molecule has 2 aromatic rings. The lowest BCUT2D eigenvalue weighted by Gasteiger charge is -1.94. The Labute approximate surface area is 97.1 Å². The van der Waals surface area contributed by atoms with E-state index in [4.69, 9.17) is 16.0 Å². The third-order valence-corrected chi connectivity index (χ3v) is 3.19. The normalized spacial score (nSPS) is 10.3. The molecule has 0 aliphatic carbocycles. The van der Waals surface area contributed by atoms with Crippen LogP contribution in [-0.4, -0.2) is 14.1 Å². The first-order valence-electron chi connectivity index (χ1n) is 4.52. The highest BCUT2D eigenvalue weighted by molar-refractivity contribution is 7.07. The molecule has 0 aliphatic rings. The smallest absolute Gasteiger partial charge is 0.396 e. The van der Waals surface area contributed by atoms with Gasteiger partial charge in [0.25, 0.3) is 0 Å². The number of nitrogens with zero attached hydrogens (tertiary/aromatic N) is 1. The first-order valence-corrected chi connectivity index (χ1v) is 5.77. The Balaban J connectivity index is 2.46. The molecule has 1 aromatic heterocycles. The van der Waals surface area contributed by atoms with E-state index in [1.807, 2.05) is 48.3 Å². The zero-order chi connectivity index (χ0) is 10.8. The van der Waals surface area contributed by atoms with E-state index in [0.717, 1.165) is 21.2 Å². The monoisotopic (exact) mass is 240 g/mol. The number of rotatable bonds is 1. The lowest BCUT2D eigenvalue weighted by atomic mass is 10.2. The Hall–Kier alpha value is -1.06. The fourth-order valence-electron chi connectivity index (χ4n) is 1.18. The summed E-state index contributed by atoms with van der Waals surface area (Å²) in [5, 5.41) is 2.74. The fraction of sp³-hybridized carbons (Fsp3) is 0.182. The van der Waals surface area contributed by atoms with Gasteiger partial charge in [0.1, 0.15) is 14.1 Å². The first kappa shape index (κ1) is 10.5. The average Bonchev–Trinajstić information content (AvgIpc) is 2.68. The van der Waals surface area contributed by atoms with Crippen LogP contribution in [0.4, 0.5) is 0 Å². The van der Waals surface area contributed by atoms with E-state index >= 15 is 0 Å². The number of hydrogen-bond acceptors (Lipinski definition) is 2. The molecule has 2 nitrogen and oxygen atoms in total. The molecule has 4 heteroatoms. The van der Waals surface area contributed by atoms with Crippen molar-refractivity contribution in [2.24, 2.45) is 0 Å². The zero-order valence-electron chi connectivity index (χ0n) is 8.53. The van der Waals surface area contributed by atoms with E-state index in [0.29, 0.717) is 0 Å². The quantitative estimate of drug-likeness (QED) is 0.700. The Kier molecular flexibility index (Phi) is 2.93. The molecule has 0 saturated heterocycles. The molecule has 0 atom stereocenters. The number of hydrogen-bond donors (Lipinski definition) is 0. The summed E-state index contributed by atoms with van der Waals surface area (Å²) in [5.41, 5.74) is 1.05. The van der Waals surface area contributed by atoms with Crippen LogP contribution in [0.2, 0.25) is 5.02 Å². The van der Waals surface area contributed by atoms with Crippen LogP contribution >= 0.6 is 22.9 Å². The van der Waals surface area contributed by atoms with Crippen LogP contribution in [0.1, 0.15) is 0 Å². The summed E-state index contributed by atoms with van der Waals surface area (Å²) in [7, 11) is 3.92. The molecule has 0 aliphatic heterocycles. The van der Waals surface area contributed by atoms with Gasteiger partial charge in [-0.3, -0.25) is 0 Å². The Morgan fingerprint density at radius 3 is 2.40 bits per heavy atom. The lowest BCUT2D eigenvalue weighted by molar-refractivity contribution is 0.495. The van der Waals surface area contributed by atoms with E-state index < -0.39 is 0 Å². The second kappa shape index (κ2) is 4.21. The van der Waals surface area contributed by atoms with Gasteiger partial charge in [-0.15, -0.1) is 0 Å². The standard InChI is InChI=1S/C11H11ClNOS/c1-13(2)11-14-10(7-15-11)8-3-5-9(12)6-4-8/h3-7H,1-2H3/q+1. The van der Waals surface area contributed by atoms with Crippen molar-refractivity contribution in [2.45, 2.75) is 0 Å². The molecule has 1 heterocycles. The van der Waals surface area contributed by atoms with E-state index in [-0.39, 0.29) is 0 Å². The molecule has 0 amide bonds. The maximum Gasteiger partial charge on any atom is 0.429 e. The molecule has 78 valence electrons. The third-order valence-electron chi connectivity index (χ3n) is 1.96. The van der Waals surface area contributed by atoms with Crippen LogP contribution in [0.3, 0.4) is 0 Å². The van der Waals surface area contributed by atoms with Gasteiger partial charge in [-0.05, 0) is 35.6 Å². The molecular formula is C11H11ClNOS+. The Bertz CT molecular complexity index is 520. The first-order chi connectivity index (χ1) is 7.16. The molecule has 0 unspecified atom stereocenters. The summed E-state index contributed by atoms with van der Waals surface area (Å²) >= 11 is 7.40. The third kappa shape index (κ3) is 2.30. The predicted molar refractivity (Wildman–Crippen MR) is 64.1 cm³/mol. The highest BCUT2D eigenvalue weighted by atomic mass is 35.5. The van der Waals surface area contributed by atoms with Crippen molar-refractivity contribution in [1.29, 1.82) is 0 Å². The van der Waals surface area contributed by atoms with Gasteiger partial charge in [-0.25, -0.2) is 0 Å². The van der Waals surface area contributed by atoms with Gasteiger partial charge < -0.3 is 4.42 Å². The summed E-state index contributed by atoms with van der Waals surface area (Å²) < 4.78 is 7.62. The van der Waals surface area contributed by atoms with Gasteiger partial charge in [0.05, 0.1) is 0 Å². The van der Waals surface area contributed by atoms with Crippen molar-refractivity contribution in [3.63, 3.8) is 0 Å². The second-order valence-electron chi connectivity index (χ2n) is 3.37. The molecule has 0 saturated carbocycles. The number of benzene rings is 1. The van der Waals surface area contributed by atoms with Gasteiger partial charge in [-0.2, -0.15) is 4.58 Å². The van der Waals surface area contributed by atoms with E-state index in [1.54, 1.807) is 11.3 Å². The topological polar surface area (TPSA) is 16.1 Å². The van der Waals surface area contributed by atoms with Crippen LogP contribution in [0.5, 0.6) is 0 Å². The van der Waals surface area contributed by atoms with Crippen LogP contribution < -0.4 is 9.44 Å². The van der Waals surface area contributed by atoms with Crippen LogP contribution in [0.25, 0.3) is 11.3 Å². The van der Waals surface area contributed by atoms with E-state index in [1.165, 1.54) is 0 Å². The Morgan fingerprint density at radius 2 is 1.87 bits per heavy atom. The SMILES string of the molecule is C[N+](C)=c1oc(-c2ccc(Cl)cc2)cs1. The fourth-order valence-corrected chi connectivity index (χ4v) is 2.05. The molecule has 2 rings (SSSR count). The molecule has 0 radical (unpaired) electrons. The maximum atomic E-state index is 5.82.